The first-order valence-electron chi connectivity index (χ1n) is 4.41. The van der Waals surface area contributed by atoms with Crippen LogP contribution in [0.25, 0.3) is 0 Å². The fourth-order valence-corrected chi connectivity index (χ4v) is 0.974. The fraction of sp³-hybridized carbons (Fsp3) is 0.273. The van der Waals surface area contributed by atoms with Crippen LogP contribution in [0.2, 0.25) is 0 Å². The van der Waals surface area contributed by atoms with Gasteiger partial charge in [-0.05, 0) is 38.1 Å². The van der Waals surface area contributed by atoms with Gasteiger partial charge in [0.15, 0.2) is 0 Å². The molecule has 0 heterocycles. The molecule has 70 valence electrons. The number of nitrogens with two attached hydrogens (primary N) is 1. The minimum atomic E-state index is 0.799. The molecule has 13 heavy (non-hydrogen) atoms. The molecule has 0 amide bonds. The third kappa shape index (κ3) is 3.65. The van der Waals surface area contributed by atoms with Gasteiger partial charge < -0.3 is 11.1 Å². The van der Waals surface area contributed by atoms with Gasteiger partial charge in [-0.15, -0.1) is 0 Å². The van der Waals surface area contributed by atoms with Crippen LogP contribution in [0, 0.1) is 0 Å². The first-order chi connectivity index (χ1) is 6.18. The summed E-state index contributed by atoms with van der Waals surface area (Å²) < 4.78 is 0. The number of anilines is 2. The Bertz CT molecular complexity index is 281. The van der Waals surface area contributed by atoms with Crippen molar-refractivity contribution in [2.24, 2.45) is 0 Å². The lowest BCUT2D eigenvalue weighted by Gasteiger charge is -2.03. The van der Waals surface area contributed by atoms with Crippen molar-refractivity contribution < 1.29 is 0 Å². The Morgan fingerprint density at radius 1 is 1.31 bits per heavy atom. The molecule has 0 aliphatic carbocycles. The zero-order valence-corrected chi connectivity index (χ0v) is 8.17. The van der Waals surface area contributed by atoms with Gasteiger partial charge in [0, 0.05) is 17.9 Å². The highest BCUT2D eigenvalue weighted by atomic mass is 14.9. The van der Waals surface area contributed by atoms with E-state index in [2.05, 4.69) is 25.2 Å². The van der Waals surface area contributed by atoms with Gasteiger partial charge >= 0.3 is 0 Å². The lowest BCUT2D eigenvalue weighted by Crippen LogP contribution is -1.98. The first kappa shape index (κ1) is 9.65. The van der Waals surface area contributed by atoms with Gasteiger partial charge in [0.25, 0.3) is 0 Å². The molecular weight excluding hydrogens is 160 g/mol. The van der Waals surface area contributed by atoms with Crippen LogP contribution in [0.5, 0.6) is 0 Å². The Hall–Kier alpha value is -1.44. The molecule has 0 unspecified atom stereocenters. The Labute approximate surface area is 79.5 Å². The first-order valence-corrected chi connectivity index (χ1v) is 4.41. The van der Waals surface area contributed by atoms with E-state index >= 15 is 0 Å². The zero-order valence-electron chi connectivity index (χ0n) is 8.17. The van der Waals surface area contributed by atoms with Crippen molar-refractivity contribution in [3.05, 3.63) is 35.9 Å². The van der Waals surface area contributed by atoms with E-state index in [1.165, 1.54) is 5.57 Å². The normalized spacial score (nSPS) is 9.38. The predicted molar refractivity (Wildman–Crippen MR) is 58.8 cm³/mol. The van der Waals surface area contributed by atoms with Crippen molar-refractivity contribution in [3.8, 4) is 0 Å². The molecule has 0 aliphatic rings. The summed E-state index contributed by atoms with van der Waals surface area (Å²) >= 11 is 0. The van der Waals surface area contributed by atoms with E-state index in [0.717, 1.165) is 17.9 Å². The average molecular weight is 176 g/mol. The predicted octanol–water partition coefficient (Wildman–Crippen LogP) is 2.65. The number of rotatable bonds is 3. The van der Waals surface area contributed by atoms with Gasteiger partial charge in [-0.3, -0.25) is 0 Å². The molecule has 2 heteroatoms. The number of nitrogen functional groups attached to an aromatic ring is 1. The van der Waals surface area contributed by atoms with Crippen LogP contribution in [0.4, 0.5) is 11.4 Å². The van der Waals surface area contributed by atoms with E-state index < -0.39 is 0 Å². The topological polar surface area (TPSA) is 38.0 Å². The van der Waals surface area contributed by atoms with Crippen LogP contribution in [0.1, 0.15) is 13.8 Å². The minimum absolute atomic E-state index is 0.799. The zero-order chi connectivity index (χ0) is 9.68. The summed E-state index contributed by atoms with van der Waals surface area (Å²) in [6.07, 6.45) is 2.15. The molecule has 0 radical (unpaired) electrons. The molecule has 1 rings (SSSR count). The molecule has 0 saturated carbocycles. The molecule has 3 N–H and O–H groups in total. The van der Waals surface area contributed by atoms with Crippen LogP contribution in [-0.4, -0.2) is 6.54 Å². The Kier molecular flexibility index (Phi) is 3.38. The molecule has 1 aromatic rings. The second-order valence-electron chi connectivity index (χ2n) is 3.28. The summed E-state index contributed by atoms with van der Waals surface area (Å²) in [5.74, 6) is 0. The third-order valence-electron chi connectivity index (χ3n) is 1.73. The van der Waals surface area contributed by atoms with Crippen LogP contribution in [-0.2, 0) is 0 Å². The van der Waals surface area contributed by atoms with Crippen molar-refractivity contribution in [2.45, 2.75) is 13.8 Å². The second-order valence-corrected chi connectivity index (χ2v) is 3.28. The summed E-state index contributed by atoms with van der Waals surface area (Å²) in [5.41, 5.74) is 8.79. The SMILES string of the molecule is CC(C)=CCNc1ccc(N)cc1. The highest BCUT2D eigenvalue weighted by Crippen LogP contribution is 2.09. The van der Waals surface area contributed by atoms with Crippen LogP contribution in [0.15, 0.2) is 35.9 Å². The van der Waals surface area contributed by atoms with Gasteiger partial charge in [-0.1, -0.05) is 11.6 Å². The van der Waals surface area contributed by atoms with Crippen molar-refractivity contribution >= 4 is 11.4 Å². The Balaban J connectivity index is 2.46. The maximum Gasteiger partial charge on any atom is 0.0344 e. The lowest BCUT2D eigenvalue weighted by molar-refractivity contribution is 1.26. The maximum absolute atomic E-state index is 5.56. The van der Waals surface area contributed by atoms with Gasteiger partial charge in [-0.25, -0.2) is 0 Å². The number of nitrogens with one attached hydrogen (secondary N) is 1. The summed E-state index contributed by atoms with van der Waals surface area (Å²) in [6, 6.07) is 7.75. The summed E-state index contributed by atoms with van der Waals surface area (Å²) in [7, 11) is 0. The van der Waals surface area contributed by atoms with E-state index in [0.29, 0.717) is 0 Å². The third-order valence-corrected chi connectivity index (χ3v) is 1.73. The van der Waals surface area contributed by atoms with E-state index in [1.807, 2.05) is 24.3 Å². The Morgan fingerprint density at radius 3 is 2.46 bits per heavy atom. The van der Waals surface area contributed by atoms with E-state index in [1.54, 1.807) is 0 Å². The molecule has 1 aromatic carbocycles. The number of benzene rings is 1. The molecule has 0 bridgehead atoms. The molecule has 0 aromatic heterocycles. The van der Waals surface area contributed by atoms with Gasteiger partial charge in [0.1, 0.15) is 0 Å². The quantitative estimate of drug-likeness (QED) is 0.549. The highest BCUT2D eigenvalue weighted by molar-refractivity contribution is 5.51. The lowest BCUT2D eigenvalue weighted by atomic mass is 10.3. The molecule has 0 aliphatic heterocycles. The van der Waals surface area contributed by atoms with Crippen molar-refractivity contribution in [1.29, 1.82) is 0 Å². The van der Waals surface area contributed by atoms with Crippen molar-refractivity contribution in [2.75, 3.05) is 17.6 Å². The van der Waals surface area contributed by atoms with Crippen LogP contribution < -0.4 is 11.1 Å². The van der Waals surface area contributed by atoms with E-state index in [4.69, 9.17) is 5.73 Å². The largest absolute Gasteiger partial charge is 0.399 e. The van der Waals surface area contributed by atoms with E-state index in [9.17, 15) is 0 Å². The minimum Gasteiger partial charge on any atom is -0.399 e. The molecule has 2 nitrogen and oxygen atoms in total. The molecular formula is C11H16N2. The number of hydrogen-bond acceptors (Lipinski definition) is 2. The van der Waals surface area contributed by atoms with Crippen LogP contribution >= 0.6 is 0 Å². The standard InChI is InChI=1S/C11H16N2/c1-9(2)7-8-13-11-5-3-10(12)4-6-11/h3-7,13H,8,12H2,1-2H3. The van der Waals surface area contributed by atoms with Crippen molar-refractivity contribution in [1.82, 2.24) is 0 Å². The molecule has 0 fully saturated rings. The molecule has 0 spiro atoms. The van der Waals surface area contributed by atoms with Gasteiger partial charge in [0.2, 0.25) is 0 Å². The molecule has 0 atom stereocenters. The van der Waals surface area contributed by atoms with Gasteiger partial charge in [-0.2, -0.15) is 0 Å². The van der Waals surface area contributed by atoms with Gasteiger partial charge in [0.05, 0.1) is 0 Å². The second kappa shape index (κ2) is 4.55. The molecule has 0 saturated heterocycles. The smallest absolute Gasteiger partial charge is 0.0344 e. The monoisotopic (exact) mass is 176 g/mol. The Morgan fingerprint density at radius 2 is 1.92 bits per heavy atom. The highest BCUT2D eigenvalue weighted by Gasteiger charge is 1.88. The number of allylic oxidation sites excluding steroid dienone is 1. The maximum atomic E-state index is 5.56. The average Bonchev–Trinajstić information content (AvgIpc) is 2.08. The fourth-order valence-electron chi connectivity index (χ4n) is 0.974. The van der Waals surface area contributed by atoms with Crippen LogP contribution in [0.3, 0.4) is 0 Å². The summed E-state index contributed by atoms with van der Waals surface area (Å²) in [5, 5.41) is 3.27. The summed E-state index contributed by atoms with van der Waals surface area (Å²) in [6.45, 7) is 5.04. The van der Waals surface area contributed by atoms with E-state index in [-0.39, 0.29) is 0 Å². The summed E-state index contributed by atoms with van der Waals surface area (Å²) in [4.78, 5) is 0. The van der Waals surface area contributed by atoms with Crippen molar-refractivity contribution in [3.63, 3.8) is 0 Å². The number of hydrogen-bond donors (Lipinski definition) is 2.